The van der Waals surface area contributed by atoms with Crippen LogP contribution >= 0.6 is 0 Å². The predicted molar refractivity (Wildman–Crippen MR) is 223 cm³/mol. The summed E-state index contributed by atoms with van der Waals surface area (Å²) in [6, 6.07) is 60.7. The van der Waals surface area contributed by atoms with Crippen LogP contribution in [0.1, 0.15) is 22.7 Å². The fourth-order valence-electron chi connectivity index (χ4n) is 7.59. The van der Waals surface area contributed by atoms with Crippen LogP contribution in [0.4, 0.5) is 0 Å². The maximum absolute atomic E-state index is 8.78. The van der Waals surface area contributed by atoms with Gasteiger partial charge in [0.25, 0.3) is 0 Å². The molecule has 0 radical (unpaired) electrons. The lowest BCUT2D eigenvalue weighted by atomic mass is 9.95. The Labute approximate surface area is 317 Å². The standard InChI is InChI=1S/C49H34N4O2/c50-45(33-11-3-1-4-12-33)46(52-49(51)35-13-5-2-6-14-35)34-21-19-31(20-22-34)32-23-25-38(26-24-32)53-41-18-10-9-17-39(41)40-27-28-42-48(47(40)53)55-44-30-37-16-8-7-15-36(37)29-43(44)54-42/h1-30,45,51H,50H2/b51-49?,52-46-/t45-/m1/s1. The molecule has 0 unspecified atom stereocenters. The number of para-hydroxylation sites is 1. The summed E-state index contributed by atoms with van der Waals surface area (Å²) in [6.07, 6.45) is 0. The van der Waals surface area contributed by atoms with E-state index in [-0.39, 0.29) is 5.84 Å². The number of nitrogens with one attached hydrogen (secondary N) is 1. The van der Waals surface area contributed by atoms with Crippen molar-refractivity contribution < 1.29 is 9.47 Å². The molecule has 0 fully saturated rings. The molecule has 8 aromatic carbocycles. The number of hydrogen-bond acceptors (Lipinski definition) is 4. The number of amidine groups is 1. The second-order valence-electron chi connectivity index (χ2n) is 13.7. The lowest BCUT2D eigenvalue weighted by Crippen LogP contribution is -2.23. The zero-order valence-electron chi connectivity index (χ0n) is 29.7. The van der Waals surface area contributed by atoms with Crippen LogP contribution in [-0.4, -0.2) is 16.1 Å². The van der Waals surface area contributed by atoms with E-state index in [9.17, 15) is 0 Å². The minimum atomic E-state index is -0.505. The highest BCUT2D eigenvalue weighted by Gasteiger charge is 2.26. The molecular weight excluding hydrogens is 677 g/mol. The van der Waals surface area contributed by atoms with Crippen molar-refractivity contribution in [3.05, 3.63) is 199 Å². The SMILES string of the molecule is N=C(/N=C(/c1ccc(-c2ccc(-n3c4ccccc4c4ccc5c(c43)Oc3cc4ccccc4cc3O5)cc2)cc1)[C@H](N)c1ccccc1)c1ccccc1. The Bertz CT molecular complexity index is 2930. The highest BCUT2D eigenvalue weighted by atomic mass is 16.6. The third-order valence-electron chi connectivity index (χ3n) is 10.4. The van der Waals surface area contributed by atoms with Crippen molar-refractivity contribution in [2.75, 3.05) is 0 Å². The number of rotatable bonds is 6. The molecule has 9 aromatic rings. The Hall–Kier alpha value is -7.28. The minimum Gasteiger partial charge on any atom is -0.449 e. The number of aromatic nitrogens is 1. The van der Waals surface area contributed by atoms with Crippen molar-refractivity contribution >= 4 is 44.1 Å². The van der Waals surface area contributed by atoms with Gasteiger partial charge in [-0.2, -0.15) is 0 Å². The van der Waals surface area contributed by atoms with Gasteiger partial charge in [-0.25, -0.2) is 4.99 Å². The van der Waals surface area contributed by atoms with E-state index in [0.717, 1.165) is 66.1 Å². The fourth-order valence-corrected chi connectivity index (χ4v) is 7.59. The number of ether oxygens (including phenoxy) is 2. The number of hydrogen-bond donors (Lipinski definition) is 2. The van der Waals surface area contributed by atoms with Crippen LogP contribution in [0.15, 0.2) is 187 Å². The summed E-state index contributed by atoms with van der Waals surface area (Å²) in [7, 11) is 0. The van der Waals surface area contributed by atoms with Crippen molar-refractivity contribution in [1.29, 1.82) is 5.41 Å². The second kappa shape index (κ2) is 13.3. The summed E-state index contributed by atoms with van der Waals surface area (Å²) in [5.41, 5.74) is 15.2. The third-order valence-corrected chi connectivity index (χ3v) is 10.4. The van der Waals surface area contributed by atoms with E-state index in [2.05, 4.69) is 89.5 Å². The van der Waals surface area contributed by atoms with Gasteiger partial charge in [-0.05, 0) is 75.5 Å². The molecule has 1 atom stereocenters. The van der Waals surface area contributed by atoms with E-state index in [1.165, 1.54) is 0 Å². The summed E-state index contributed by atoms with van der Waals surface area (Å²) in [4.78, 5) is 4.79. The van der Waals surface area contributed by atoms with Gasteiger partial charge in [0, 0.05) is 22.0 Å². The summed E-state index contributed by atoms with van der Waals surface area (Å²) in [5, 5.41) is 13.2. The predicted octanol–water partition coefficient (Wildman–Crippen LogP) is 12.0. The molecule has 262 valence electrons. The van der Waals surface area contributed by atoms with Crippen LogP contribution in [0, 0.1) is 5.41 Å². The van der Waals surface area contributed by atoms with Crippen molar-refractivity contribution in [1.82, 2.24) is 4.57 Å². The van der Waals surface area contributed by atoms with Gasteiger partial charge < -0.3 is 19.8 Å². The van der Waals surface area contributed by atoms with Crippen LogP contribution in [0.25, 0.3) is 49.4 Å². The maximum Gasteiger partial charge on any atom is 0.194 e. The van der Waals surface area contributed by atoms with Gasteiger partial charge in [0.1, 0.15) is 5.52 Å². The molecule has 0 bridgehead atoms. The van der Waals surface area contributed by atoms with Gasteiger partial charge in [-0.1, -0.05) is 140 Å². The van der Waals surface area contributed by atoms with Gasteiger partial charge in [0.05, 0.1) is 17.3 Å². The molecule has 6 nitrogen and oxygen atoms in total. The molecule has 0 amide bonds. The summed E-state index contributed by atoms with van der Waals surface area (Å²) >= 11 is 0. The first kappa shape index (κ1) is 32.4. The largest absolute Gasteiger partial charge is 0.449 e. The summed E-state index contributed by atoms with van der Waals surface area (Å²) < 4.78 is 15.5. The van der Waals surface area contributed by atoms with E-state index in [0.29, 0.717) is 28.7 Å². The number of nitrogens with two attached hydrogens (primary N) is 1. The van der Waals surface area contributed by atoms with Crippen molar-refractivity contribution in [3.8, 4) is 39.8 Å². The van der Waals surface area contributed by atoms with Crippen LogP contribution in [0.5, 0.6) is 23.0 Å². The van der Waals surface area contributed by atoms with E-state index >= 15 is 0 Å². The molecule has 2 heterocycles. The molecule has 3 N–H and O–H groups in total. The van der Waals surface area contributed by atoms with E-state index in [1.54, 1.807) is 0 Å². The summed E-state index contributed by atoms with van der Waals surface area (Å²) in [6.45, 7) is 0. The van der Waals surface area contributed by atoms with Crippen molar-refractivity contribution in [2.24, 2.45) is 10.7 Å². The Morgan fingerprint density at radius 2 is 1.15 bits per heavy atom. The number of benzene rings is 8. The zero-order valence-corrected chi connectivity index (χ0v) is 29.7. The molecule has 1 aromatic heterocycles. The second-order valence-corrected chi connectivity index (χ2v) is 13.7. The average molecular weight is 711 g/mol. The topological polar surface area (TPSA) is 85.6 Å². The molecule has 0 saturated heterocycles. The molecule has 1 aliphatic rings. The van der Waals surface area contributed by atoms with Gasteiger partial charge in [0.15, 0.2) is 28.8 Å². The Kier molecular flexibility index (Phi) is 7.82. The lowest BCUT2D eigenvalue weighted by Gasteiger charge is -2.23. The third kappa shape index (κ3) is 5.73. The zero-order chi connectivity index (χ0) is 36.9. The smallest absolute Gasteiger partial charge is 0.194 e. The highest BCUT2D eigenvalue weighted by molar-refractivity contribution is 6.14. The van der Waals surface area contributed by atoms with Gasteiger partial charge in [-0.15, -0.1) is 0 Å². The molecule has 55 heavy (non-hydrogen) atoms. The van der Waals surface area contributed by atoms with Gasteiger partial charge in [0.2, 0.25) is 0 Å². The van der Waals surface area contributed by atoms with Crippen molar-refractivity contribution in [2.45, 2.75) is 6.04 Å². The molecule has 1 aliphatic heterocycles. The minimum absolute atomic E-state index is 0.169. The first-order valence-corrected chi connectivity index (χ1v) is 18.3. The van der Waals surface area contributed by atoms with Crippen LogP contribution in [0.2, 0.25) is 0 Å². The van der Waals surface area contributed by atoms with E-state index in [1.807, 2.05) is 97.1 Å². The van der Waals surface area contributed by atoms with Crippen molar-refractivity contribution in [3.63, 3.8) is 0 Å². The quantitative estimate of drug-likeness (QED) is 0.133. The Balaban J connectivity index is 1.01. The number of aliphatic imine (C=N–C) groups is 1. The number of fused-ring (bicyclic) bond motifs is 7. The molecule has 0 spiro atoms. The van der Waals surface area contributed by atoms with Crippen LogP contribution < -0.4 is 15.2 Å². The molecule has 0 aliphatic carbocycles. The number of nitrogens with zero attached hydrogens (tertiary/aromatic N) is 2. The lowest BCUT2D eigenvalue weighted by molar-refractivity contribution is 0.363. The first-order chi connectivity index (χ1) is 27.1. The van der Waals surface area contributed by atoms with Gasteiger partial charge in [-0.3, -0.25) is 5.41 Å². The monoisotopic (exact) mass is 710 g/mol. The molecule has 10 rings (SSSR count). The van der Waals surface area contributed by atoms with E-state index < -0.39 is 6.04 Å². The summed E-state index contributed by atoms with van der Waals surface area (Å²) in [5.74, 6) is 2.96. The van der Waals surface area contributed by atoms with Crippen LogP contribution in [-0.2, 0) is 0 Å². The van der Waals surface area contributed by atoms with Crippen LogP contribution in [0.3, 0.4) is 0 Å². The van der Waals surface area contributed by atoms with Gasteiger partial charge >= 0.3 is 0 Å². The highest BCUT2D eigenvalue weighted by Crippen LogP contribution is 2.51. The molecule has 0 saturated carbocycles. The normalized spacial score (nSPS) is 12.9. The van der Waals surface area contributed by atoms with E-state index in [4.69, 9.17) is 25.6 Å². The fraction of sp³-hybridized carbons (Fsp3) is 0.0204. The first-order valence-electron chi connectivity index (χ1n) is 18.3. The molecular formula is C49H34N4O2. The molecule has 6 heteroatoms. The maximum atomic E-state index is 8.78. The Morgan fingerprint density at radius 1 is 0.545 bits per heavy atom. The average Bonchev–Trinajstić information content (AvgIpc) is 3.59. The Morgan fingerprint density at radius 3 is 1.85 bits per heavy atom.